The first kappa shape index (κ1) is 15.2. The van der Waals surface area contributed by atoms with E-state index in [2.05, 4.69) is 9.72 Å². The van der Waals surface area contributed by atoms with Crippen LogP contribution in [0.4, 0.5) is 13.2 Å². The van der Waals surface area contributed by atoms with Crippen molar-refractivity contribution in [2.75, 3.05) is 6.61 Å². The van der Waals surface area contributed by atoms with Crippen molar-refractivity contribution in [2.45, 2.75) is 26.8 Å². The molecule has 0 aliphatic heterocycles. The molecule has 106 valence electrons. The summed E-state index contributed by atoms with van der Waals surface area (Å²) >= 11 is 0. The van der Waals surface area contributed by atoms with Gasteiger partial charge in [0.15, 0.2) is 11.4 Å². The van der Waals surface area contributed by atoms with Crippen LogP contribution in [-0.2, 0) is 11.3 Å². The van der Waals surface area contributed by atoms with Gasteiger partial charge in [-0.25, -0.2) is 9.78 Å². The van der Waals surface area contributed by atoms with Crippen molar-refractivity contribution in [1.82, 2.24) is 4.98 Å². The fraction of sp³-hybridized carbons (Fsp3) is 0.455. The fourth-order valence-corrected chi connectivity index (χ4v) is 1.50. The molecule has 1 rings (SSSR count). The summed E-state index contributed by atoms with van der Waals surface area (Å²) in [5.74, 6) is -1.23. The van der Waals surface area contributed by atoms with Crippen LogP contribution in [0.25, 0.3) is 0 Å². The summed E-state index contributed by atoms with van der Waals surface area (Å²) in [6, 6.07) is 0. The number of esters is 1. The molecule has 0 spiro atoms. The van der Waals surface area contributed by atoms with Gasteiger partial charge in [0, 0.05) is 12.1 Å². The summed E-state index contributed by atoms with van der Waals surface area (Å²) in [7, 11) is 0. The second-order valence-electron chi connectivity index (χ2n) is 3.55. The summed E-state index contributed by atoms with van der Waals surface area (Å²) < 4.78 is 45.1. The number of aromatic nitrogens is 1. The maximum Gasteiger partial charge on any atom is 0.573 e. The summed E-state index contributed by atoms with van der Waals surface area (Å²) in [6.07, 6.45) is -4.03. The SMILES string of the molecule is CCOC(=O)c1ncc(OC(F)(F)F)c(CN)c1C. The van der Waals surface area contributed by atoms with Gasteiger partial charge in [-0.05, 0) is 19.4 Å². The number of hydrogen-bond donors (Lipinski definition) is 1. The van der Waals surface area contributed by atoms with Gasteiger partial charge < -0.3 is 15.2 Å². The molecule has 0 aromatic carbocycles. The molecule has 2 N–H and O–H groups in total. The molecule has 1 heterocycles. The average molecular weight is 278 g/mol. The molecule has 0 unspecified atom stereocenters. The van der Waals surface area contributed by atoms with Gasteiger partial charge in [-0.3, -0.25) is 0 Å². The highest BCUT2D eigenvalue weighted by Gasteiger charge is 2.33. The zero-order valence-electron chi connectivity index (χ0n) is 10.4. The third kappa shape index (κ3) is 3.82. The van der Waals surface area contributed by atoms with Crippen molar-refractivity contribution in [2.24, 2.45) is 5.73 Å². The maximum atomic E-state index is 12.2. The fourth-order valence-electron chi connectivity index (χ4n) is 1.50. The van der Waals surface area contributed by atoms with E-state index < -0.39 is 18.1 Å². The van der Waals surface area contributed by atoms with Gasteiger partial charge in [-0.2, -0.15) is 0 Å². The number of nitrogens with zero attached hydrogens (tertiary/aromatic N) is 1. The predicted molar refractivity (Wildman–Crippen MR) is 59.5 cm³/mol. The lowest BCUT2D eigenvalue weighted by Gasteiger charge is -2.15. The summed E-state index contributed by atoms with van der Waals surface area (Å²) in [4.78, 5) is 15.2. The van der Waals surface area contributed by atoms with Crippen molar-refractivity contribution in [3.05, 3.63) is 23.0 Å². The first-order valence-corrected chi connectivity index (χ1v) is 5.41. The Balaban J connectivity index is 3.19. The van der Waals surface area contributed by atoms with Gasteiger partial charge in [0.05, 0.1) is 12.8 Å². The summed E-state index contributed by atoms with van der Waals surface area (Å²) in [5.41, 5.74) is 5.59. The molecular weight excluding hydrogens is 265 g/mol. The number of pyridine rings is 1. The number of hydrogen-bond acceptors (Lipinski definition) is 5. The van der Waals surface area contributed by atoms with E-state index >= 15 is 0 Å². The van der Waals surface area contributed by atoms with Crippen LogP contribution in [0.3, 0.4) is 0 Å². The Morgan fingerprint density at radius 1 is 1.47 bits per heavy atom. The molecule has 8 heteroatoms. The lowest BCUT2D eigenvalue weighted by molar-refractivity contribution is -0.275. The number of rotatable bonds is 4. The number of ether oxygens (including phenoxy) is 2. The molecule has 0 radical (unpaired) electrons. The minimum atomic E-state index is -4.84. The standard InChI is InChI=1S/C11H13F3N2O3/c1-3-18-10(17)9-6(2)7(4-15)8(5-16-9)19-11(12,13)14/h5H,3-4,15H2,1-2H3. The molecule has 0 atom stereocenters. The van der Waals surface area contributed by atoms with Gasteiger partial charge in [-0.15, -0.1) is 13.2 Å². The molecular formula is C11H13F3N2O3. The third-order valence-electron chi connectivity index (χ3n) is 2.31. The molecule has 19 heavy (non-hydrogen) atoms. The zero-order chi connectivity index (χ0) is 14.6. The predicted octanol–water partition coefficient (Wildman–Crippen LogP) is 1.92. The van der Waals surface area contributed by atoms with Crippen LogP contribution in [0.2, 0.25) is 0 Å². The highest BCUT2D eigenvalue weighted by atomic mass is 19.4. The topological polar surface area (TPSA) is 74.4 Å². The molecule has 0 saturated heterocycles. The smallest absolute Gasteiger partial charge is 0.461 e. The monoisotopic (exact) mass is 278 g/mol. The number of nitrogens with two attached hydrogens (primary N) is 1. The first-order valence-electron chi connectivity index (χ1n) is 5.41. The molecule has 0 fully saturated rings. The van der Waals surface area contributed by atoms with E-state index in [0.29, 0.717) is 0 Å². The van der Waals surface area contributed by atoms with E-state index in [-0.39, 0.29) is 30.0 Å². The minimum absolute atomic E-state index is 0.0652. The van der Waals surface area contributed by atoms with Crippen LogP contribution in [0, 0.1) is 6.92 Å². The molecule has 0 bridgehead atoms. The Bertz CT molecular complexity index is 475. The van der Waals surface area contributed by atoms with Crippen LogP contribution >= 0.6 is 0 Å². The van der Waals surface area contributed by atoms with Gasteiger partial charge in [0.25, 0.3) is 0 Å². The Hall–Kier alpha value is -1.83. The molecule has 0 amide bonds. The van der Waals surface area contributed by atoms with Crippen LogP contribution in [0.1, 0.15) is 28.5 Å². The van der Waals surface area contributed by atoms with E-state index in [0.717, 1.165) is 6.20 Å². The normalized spacial score (nSPS) is 11.3. The lowest BCUT2D eigenvalue weighted by atomic mass is 10.1. The van der Waals surface area contributed by atoms with Gasteiger partial charge in [-0.1, -0.05) is 0 Å². The Morgan fingerprint density at radius 2 is 2.11 bits per heavy atom. The van der Waals surface area contributed by atoms with Crippen LogP contribution in [0.15, 0.2) is 6.20 Å². The zero-order valence-corrected chi connectivity index (χ0v) is 10.4. The largest absolute Gasteiger partial charge is 0.573 e. The lowest BCUT2D eigenvalue weighted by Crippen LogP contribution is -2.20. The molecule has 5 nitrogen and oxygen atoms in total. The van der Waals surface area contributed by atoms with Gasteiger partial charge in [0.1, 0.15) is 0 Å². The Morgan fingerprint density at radius 3 is 2.58 bits per heavy atom. The number of alkyl halides is 3. The average Bonchev–Trinajstić information content (AvgIpc) is 2.27. The minimum Gasteiger partial charge on any atom is -0.461 e. The molecule has 1 aromatic heterocycles. The van der Waals surface area contributed by atoms with Crippen LogP contribution < -0.4 is 10.5 Å². The van der Waals surface area contributed by atoms with E-state index in [1.807, 2.05) is 0 Å². The highest BCUT2D eigenvalue weighted by molar-refractivity contribution is 5.89. The molecule has 0 saturated carbocycles. The maximum absolute atomic E-state index is 12.2. The van der Waals surface area contributed by atoms with Gasteiger partial charge >= 0.3 is 12.3 Å². The number of halogens is 3. The van der Waals surface area contributed by atoms with Gasteiger partial charge in [0.2, 0.25) is 0 Å². The second kappa shape index (κ2) is 5.87. The quantitative estimate of drug-likeness (QED) is 0.852. The second-order valence-corrected chi connectivity index (χ2v) is 3.55. The van der Waals surface area contributed by atoms with Crippen molar-refractivity contribution in [1.29, 1.82) is 0 Å². The molecule has 0 aliphatic rings. The summed E-state index contributed by atoms with van der Waals surface area (Å²) in [5, 5.41) is 0. The third-order valence-corrected chi connectivity index (χ3v) is 2.31. The van der Waals surface area contributed by atoms with Crippen LogP contribution in [0.5, 0.6) is 5.75 Å². The number of carbonyl (C=O) groups excluding carboxylic acids is 1. The van der Waals surface area contributed by atoms with E-state index in [1.54, 1.807) is 6.92 Å². The van der Waals surface area contributed by atoms with Crippen LogP contribution in [-0.4, -0.2) is 23.9 Å². The Labute approximate surface area is 107 Å². The van der Waals surface area contributed by atoms with Crippen molar-refractivity contribution in [3.8, 4) is 5.75 Å². The van der Waals surface area contributed by atoms with E-state index in [4.69, 9.17) is 10.5 Å². The summed E-state index contributed by atoms with van der Waals surface area (Å²) in [6.45, 7) is 2.97. The van der Waals surface area contributed by atoms with E-state index in [1.165, 1.54) is 6.92 Å². The molecule has 0 aliphatic carbocycles. The Kier molecular flexibility index (Phi) is 4.71. The first-order chi connectivity index (χ1) is 8.80. The molecule has 1 aromatic rings. The van der Waals surface area contributed by atoms with Crippen molar-refractivity contribution >= 4 is 5.97 Å². The highest BCUT2D eigenvalue weighted by Crippen LogP contribution is 2.28. The number of carbonyl (C=O) groups is 1. The van der Waals surface area contributed by atoms with Crippen molar-refractivity contribution in [3.63, 3.8) is 0 Å². The van der Waals surface area contributed by atoms with Crippen molar-refractivity contribution < 1.29 is 27.4 Å². The van der Waals surface area contributed by atoms with E-state index in [9.17, 15) is 18.0 Å².